The largest absolute Gasteiger partial charge is 0.377 e. The first kappa shape index (κ1) is 14.9. The highest BCUT2D eigenvalue weighted by Crippen LogP contribution is 2.23. The lowest BCUT2D eigenvalue weighted by Crippen LogP contribution is -2.32. The summed E-state index contributed by atoms with van der Waals surface area (Å²) < 4.78 is 33.0. The second kappa shape index (κ2) is 6.32. The summed E-state index contributed by atoms with van der Waals surface area (Å²) in [6, 6.07) is 5.08. The quantitative estimate of drug-likeness (QED) is 0.841. The molecule has 0 saturated carbocycles. The van der Waals surface area contributed by atoms with Gasteiger partial charge in [-0.25, -0.2) is 13.1 Å². The molecule has 0 bridgehead atoms. The van der Waals surface area contributed by atoms with E-state index in [0.717, 1.165) is 18.4 Å². The van der Waals surface area contributed by atoms with E-state index in [1.54, 1.807) is 18.2 Å². The van der Waals surface area contributed by atoms with E-state index in [-0.39, 0.29) is 11.0 Å². The van der Waals surface area contributed by atoms with Crippen molar-refractivity contribution in [3.05, 3.63) is 28.2 Å². The Labute approximate surface area is 121 Å². The summed E-state index contributed by atoms with van der Waals surface area (Å²) in [6.07, 6.45) is 1.86. The average Bonchev–Trinajstić information content (AvgIpc) is 2.90. The smallest absolute Gasteiger partial charge is 0.241 e. The average molecular weight is 349 g/mol. The topological polar surface area (TPSA) is 81.4 Å². The number of ether oxygens (including phenoxy) is 1. The molecule has 2 rings (SSSR count). The Morgan fingerprint density at radius 3 is 2.89 bits per heavy atom. The van der Waals surface area contributed by atoms with Crippen LogP contribution in [-0.4, -0.2) is 27.7 Å². The predicted molar refractivity (Wildman–Crippen MR) is 76.2 cm³/mol. The minimum Gasteiger partial charge on any atom is -0.377 e. The predicted octanol–water partition coefficient (Wildman–Crippen LogP) is 1.37. The van der Waals surface area contributed by atoms with E-state index in [9.17, 15) is 8.42 Å². The Hall–Kier alpha value is -0.470. The zero-order valence-electron chi connectivity index (χ0n) is 10.4. The summed E-state index contributed by atoms with van der Waals surface area (Å²) in [7, 11) is -3.54. The van der Waals surface area contributed by atoms with Crippen LogP contribution in [0.5, 0.6) is 0 Å². The Bertz CT molecular complexity index is 542. The second-order valence-electron chi connectivity index (χ2n) is 4.46. The fraction of sp³-hybridized carbons (Fsp3) is 0.500. The van der Waals surface area contributed by atoms with Crippen LogP contribution in [0.15, 0.2) is 27.6 Å². The molecule has 1 atom stereocenters. The van der Waals surface area contributed by atoms with Gasteiger partial charge in [-0.3, -0.25) is 0 Å². The minimum atomic E-state index is -3.54. The van der Waals surface area contributed by atoms with E-state index >= 15 is 0 Å². The van der Waals surface area contributed by atoms with E-state index in [4.69, 9.17) is 10.5 Å². The van der Waals surface area contributed by atoms with Gasteiger partial charge in [0.15, 0.2) is 0 Å². The standard InChI is InChI=1S/C12H17BrN2O3S/c13-11-4-3-9(7-14)6-12(11)19(16,17)15-8-10-2-1-5-18-10/h3-4,6,10,15H,1-2,5,7-8,14H2. The Morgan fingerprint density at radius 2 is 2.26 bits per heavy atom. The number of nitrogens with one attached hydrogen (secondary N) is 1. The van der Waals surface area contributed by atoms with Gasteiger partial charge in [0.2, 0.25) is 10.0 Å². The van der Waals surface area contributed by atoms with E-state index in [1.807, 2.05) is 0 Å². The van der Waals surface area contributed by atoms with Gasteiger partial charge in [0, 0.05) is 24.2 Å². The molecule has 1 aliphatic heterocycles. The summed E-state index contributed by atoms with van der Waals surface area (Å²) >= 11 is 3.26. The van der Waals surface area contributed by atoms with Crippen LogP contribution in [0.4, 0.5) is 0 Å². The molecular formula is C12H17BrN2O3S. The fourth-order valence-electron chi connectivity index (χ4n) is 1.97. The third-order valence-electron chi connectivity index (χ3n) is 3.05. The zero-order chi connectivity index (χ0) is 13.9. The van der Waals surface area contributed by atoms with E-state index < -0.39 is 10.0 Å². The van der Waals surface area contributed by atoms with Gasteiger partial charge in [-0.2, -0.15) is 0 Å². The lowest BCUT2D eigenvalue weighted by molar-refractivity contribution is 0.114. The molecule has 0 aromatic heterocycles. The van der Waals surface area contributed by atoms with Gasteiger partial charge in [-0.15, -0.1) is 0 Å². The number of nitrogens with two attached hydrogens (primary N) is 1. The van der Waals surface area contributed by atoms with Crippen molar-refractivity contribution in [2.24, 2.45) is 5.73 Å². The molecule has 106 valence electrons. The van der Waals surface area contributed by atoms with E-state index in [0.29, 0.717) is 24.2 Å². The zero-order valence-corrected chi connectivity index (χ0v) is 12.8. The summed E-state index contributed by atoms with van der Waals surface area (Å²) in [5.74, 6) is 0. The number of hydrogen-bond acceptors (Lipinski definition) is 4. The van der Waals surface area contributed by atoms with Crippen molar-refractivity contribution < 1.29 is 13.2 Å². The van der Waals surface area contributed by atoms with Crippen molar-refractivity contribution in [1.82, 2.24) is 4.72 Å². The molecular weight excluding hydrogens is 332 g/mol. The third kappa shape index (κ3) is 3.76. The Balaban J connectivity index is 2.13. The molecule has 1 aromatic carbocycles. The molecule has 19 heavy (non-hydrogen) atoms. The molecule has 0 radical (unpaired) electrons. The summed E-state index contributed by atoms with van der Waals surface area (Å²) in [5.41, 5.74) is 6.31. The lowest BCUT2D eigenvalue weighted by Gasteiger charge is -2.13. The maximum Gasteiger partial charge on any atom is 0.241 e. The maximum absolute atomic E-state index is 12.2. The number of sulfonamides is 1. The third-order valence-corrected chi connectivity index (χ3v) is 5.46. The molecule has 1 fully saturated rings. The number of benzene rings is 1. The molecule has 1 saturated heterocycles. The van der Waals surface area contributed by atoms with E-state index in [1.165, 1.54) is 0 Å². The SMILES string of the molecule is NCc1ccc(Br)c(S(=O)(=O)NCC2CCCO2)c1. The molecule has 0 amide bonds. The highest BCUT2D eigenvalue weighted by molar-refractivity contribution is 9.10. The maximum atomic E-state index is 12.2. The van der Waals surface area contributed by atoms with Crippen molar-refractivity contribution in [1.29, 1.82) is 0 Å². The van der Waals surface area contributed by atoms with Crippen LogP contribution in [0.25, 0.3) is 0 Å². The molecule has 3 N–H and O–H groups in total. The summed E-state index contributed by atoms with van der Waals surface area (Å²) in [6.45, 7) is 1.32. The molecule has 7 heteroatoms. The highest BCUT2D eigenvalue weighted by Gasteiger charge is 2.22. The van der Waals surface area contributed by atoms with Gasteiger partial charge in [-0.05, 0) is 46.5 Å². The monoisotopic (exact) mass is 348 g/mol. The molecule has 1 aromatic rings. The van der Waals surface area contributed by atoms with Gasteiger partial charge in [-0.1, -0.05) is 6.07 Å². The normalized spacial score (nSPS) is 19.8. The summed E-state index contributed by atoms with van der Waals surface area (Å²) in [4.78, 5) is 0.216. The number of halogens is 1. The molecule has 5 nitrogen and oxygen atoms in total. The second-order valence-corrected chi connectivity index (χ2v) is 7.05. The Kier molecular flexibility index (Phi) is 4.97. The van der Waals surface area contributed by atoms with Gasteiger partial charge in [0.25, 0.3) is 0 Å². The van der Waals surface area contributed by atoms with Crippen LogP contribution in [0.3, 0.4) is 0 Å². The van der Waals surface area contributed by atoms with Crippen LogP contribution in [-0.2, 0) is 21.3 Å². The van der Waals surface area contributed by atoms with Gasteiger partial charge >= 0.3 is 0 Å². The first-order valence-electron chi connectivity index (χ1n) is 6.12. The van der Waals surface area contributed by atoms with Crippen molar-refractivity contribution in [3.63, 3.8) is 0 Å². The molecule has 0 aliphatic carbocycles. The van der Waals surface area contributed by atoms with Crippen LogP contribution in [0.2, 0.25) is 0 Å². The van der Waals surface area contributed by atoms with Crippen LogP contribution in [0, 0.1) is 0 Å². The molecule has 1 aliphatic rings. The first-order chi connectivity index (χ1) is 9.03. The fourth-order valence-corrected chi connectivity index (χ4v) is 4.04. The Morgan fingerprint density at radius 1 is 1.47 bits per heavy atom. The van der Waals surface area contributed by atoms with Crippen molar-refractivity contribution in [3.8, 4) is 0 Å². The molecule has 1 heterocycles. The van der Waals surface area contributed by atoms with Crippen LogP contribution < -0.4 is 10.5 Å². The first-order valence-corrected chi connectivity index (χ1v) is 8.40. The van der Waals surface area contributed by atoms with Gasteiger partial charge in [0.1, 0.15) is 0 Å². The van der Waals surface area contributed by atoms with Crippen molar-refractivity contribution in [2.75, 3.05) is 13.2 Å². The lowest BCUT2D eigenvalue weighted by atomic mass is 10.2. The highest BCUT2D eigenvalue weighted by atomic mass is 79.9. The minimum absolute atomic E-state index is 0.0220. The van der Waals surface area contributed by atoms with Crippen molar-refractivity contribution >= 4 is 26.0 Å². The van der Waals surface area contributed by atoms with E-state index in [2.05, 4.69) is 20.7 Å². The number of hydrogen-bond donors (Lipinski definition) is 2. The van der Waals surface area contributed by atoms with Crippen molar-refractivity contribution in [2.45, 2.75) is 30.4 Å². The van der Waals surface area contributed by atoms with Crippen LogP contribution in [0.1, 0.15) is 18.4 Å². The molecule has 0 spiro atoms. The van der Waals surface area contributed by atoms with Crippen LogP contribution >= 0.6 is 15.9 Å². The van der Waals surface area contributed by atoms with Gasteiger partial charge in [0.05, 0.1) is 11.0 Å². The number of rotatable bonds is 5. The molecule has 1 unspecified atom stereocenters. The summed E-state index contributed by atoms with van der Waals surface area (Å²) in [5, 5.41) is 0. The van der Waals surface area contributed by atoms with Gasteiger partial charge < -0.3 is 10.5 Å².